The van der Waals surface area contributed by atoms with Gasteiger partial charge in [0.05, 0.1) is 66.3 Å². The zero-order valence-electron chi connectivity index (χ0n) is 52.2. The molecule has 3 aromatic carbocycles. The van der Waals surface area contributed by atoms with E-state index in [-0.39, 0.29) is 56.7 Å². The van der Waals surface area contributed by atoms with E-state index < -0.39 is 29.0 Å². The van der Waals surface area contributed by atoms with Crippen LogP contribution >= 0.6 is 0 Å². The van der Waals surface area contributed by atoms with Crippen LogP contribution in [0.5, 0.6) is 17.2 Å². The number of hydrogen-bond acceptors (Lipinski definition) is 11. The molecular weight excluding hydrogens is 1020 g/mol. The Kier molecular flexibility index (Phi) is 13.4. The van der Waals surface area contributed by atoms with Crippen molar-refractivity contribution < 1.29 is 52.9 Å². The highest BCUT2D eigenvalue weighted by molar-refractivity contribution is 6.29. The summed E-state index contributed by atoms with van der Waals surface area (Å²) in [4.78, 5) is 0. The van der Waals surface area contributed by atoms with E-state index in [4.69, 9.17) is 28.4 Å². The molecular formula is C67H89N3O11. The van der Waals surface area contributed by atoms with Crippen LogP contribution in [0.1, 0.15) is 202 Å². The van der Waals surface area contributed by atoms with Crippen molar-refractivity contribution in [1.82, 2.24) is 0 Å². The van der Waals surface area contributed by atoms with E-state index in [1.165, 1.54) is 4.74 Å². The highest BCUT2D eigenvalue weighted by atomic mass is 16.6. The first kappa shape index (κ1) is 58.7. The third kappa shape index (κ3) is 9.09. The van der Waals surface area contributed by atoms with E-state index in [2.05, 4.69) is 114 Å². The Morgan fingerprint density at radius 2 is 0.765 bits per heavy atom. The van der Waals surface area contributed by atoms with Crippen LogP contribution in [0.3, 0.4) is 0 Å². The Morgan fingerprint density at radius 1 is 0.444 bits per heavy atom. The summed E-state index contributed by atoms with van der Waals surface area (Å²) in [6.07, 6.45) is 6.33. The summed E-state index contributed by atoms with van der Waals surface area (Å²) in [7, 11) is 5.05. The van der Waals surface area contributed by atoms with Crippen molar-refractivity contribution in [2.24, 2.45) is 32.5 Å². The van der Waals surface area contributed by atoms with Crippen LogP contribution in [-0.2, 0) is 14.2 Å². The van der Waals surface area contributed by atoms with Crippen LogP contribution in [-0.4, -0.2) is 98.0 Å². The van der Waals surface area contributed by atoms with Crippen molar-refractivity contribution in [2.45, 2.75) is 204 Å². The SMILES string of the molecule is CC1(C)C=C2C(=[N+]([O-])c3c2ccc2c3[C@H](O)[C@@H](O)C(C)(C)O2)C(C)(C)C1.CO[C@@H]1[C@@H](OC)c2c(ccc3c2[N+]([O-])=C2C3=CC(C)(C)CC2(C)C)OC1(C)C.CO[C@H]1[C@H](C)c2c(ccc3c2[N+]([O-])=C2C3=CC(C)(C)CC2(C)C)OC1(C)C. The third-order valence-electron chi connectivity index (χ3n) is 18.6. The minimum absolute atomic E-state index is 0.0227. The number of nitrogens with zero attached hydrogens (tertiary/aromatic N) is 3. The molecule has 0 fully saturated rings. The maximum absolute atomic E-state index is 13.6. The number of benzene rings is 3. The van der Waals surface area contributed by atoms with Gasteiger partial charge >= 0.3 is 0 Å². The number of fused-ring (bicyclic) bond motifs is 15. The van der Waals surface area contributed by atoms with Gasteiger partial charge in [0.15, 0.2) is 0 Å². The second-order valence-corrected chi connectivity index (χ2v) is 30.1. The standard InChI is InChI=1S/C23H31NO4.C23H31NO3.C21H27NO4/c1-21(2)11-14-13-9-10-15-16(17(13)24(25)19(14)22(3,4)12-21)18(26-7)20(27-8)23(5,6)28-15;1-13-17-16(27-23(6,7)20(13)26-8)10-9-14-15-11-21(2,3)12-22(4,5)19(15)24(25)18(14)17;1-19(2)9-12-11-7-8-13-14(16(23)18(24)21(5,6)26-13)15(11)22(25)17(12)20(3,4)10-19/h9-11,18,20H,12H2,1-8H3;9-11,13,20H,12H2,1-8H3;7-9,16,18,23-24H,10H2,1-6H3/t18-,20+;13-,20+;16-,18+/m010/s1. The lowest BCUT2D eigenvalue weighted by Crippen LogP contribution is -2.50. The number of ether oxygens (including phenoxy) is 6. The molecule has 0 radical (unpaired) electrons. The average molecular weight is 1110 g/mol. The number of aliphatic hydroxyl groups excluding tert-OH is 2. The minimum Gasteiger partial charge on any atom is -0.618 e. The largest absolute Gasteiger partial charge is 0.618 e. The van der Waals surface area contributed by atoms with Crippen LogP contribution in [0.25, 0.3) is 16.7 Å². The smallest absolute Gasteiger partial charge is 0.234 e. The van der Waals surface area contributed by atoms with Gasteiger partial charge in [-0.3, -0.25) is 0 Å². The maximum Gasteiger partial charge on any atom is 0.234 e. The summed E-state index contributed by atoms with van der Waals surface area (Å²) in [5.74, 6) is 2.03. The molecule has 0 saturated heterocycles. The number of rotatable bonds is 3. The van der Waals surface area contributed by atoms with E-state index in [1.807, 2.05) is 52.0 Å². The van der Waals surface area contributed by atoms with Crippen LogP contribution in [0, 0.1) is 48.1 Å². The van der Waals surface area contributed by atoms with Crippen molar-refractivity contribution in [2.75, 3.05) is 21.3 Å². The van der Waals surface area contributed by atoms with Gasteiger partial charge in [0, 0.05) is 27.2 Å². The normalized spacial score (nSPS) is 29.4. The summed E-state index contributed by atoms with van der Waals surface area (Å²) in [6.45, 7) is 39.8. The Labute approximate surface area is 480 Å². The molecule has 0 saturated carbocycles. The molecule has 9 aliphatic rings. The Morgan fingerprint density at radius 3 is 1.14 bits per heavy atom. The molecule has 6 heterocycles. The van der Waals surface area contributed by atoms with Crippen molar-refractivity contribution in [3.05, 3.63) is 104 Å². The van der Waals surface area contributed by atoms with Gasteiger partial charge in [0.2, 0.25) is 34.2 Å². The number of aliphatic hydroxyl groups is 2. The first-order chi connectivity index (χ1) is 37.2. The fourth-order valence-corrected chi connectivity index (χ4v) is 16.7. The van der Waals surface area contributed by atoms with Gasteiger partial charge in [0.25, 0.3) is 0 Å². The molecule has 2 N–H and O–H groups in total. The summed E-state index contributed by atoms with van der Waals surface area (Å²) < 4.78 is 39.2. The van der Waals surface area contributed by atoms with Gasteiger partial charge in [-0.2, -0.15) is 14.2 Å². The Balaban J connectivity index is 0.000000136. The predicted molar refractivity (Wildman–Crippen MR) is 320 cm³/mol. The fourth-order valence-electron chi connectivity index (χ4n) is 16.7. The Bertz CT molecular complexity index is 3370. The van der Waals surface area contributed by atoms with Gasteiger partial charge in [-0.05, 0) is 155 Å². The minimum atomic E-state index is -1.17. The molecule has 14 nitrogen and oxygen atoms in total. The second kappa shape index (κ2) is 18.5. The molecule has 0 unspecified atom stereocenters. The van der Waals surface area contributed by atoms with Gasteiger partial charge in [-0.15, -0.1) is 0 Å². The summed E-state index contributed by atoms with van der Waals surface area (Å²) in [6, 6.07) is 11.8. The molecule has 0 spiro atoms. The number of methoxy groups -OCH3 is 3. The van der Waals surface area contributed by atoms with Gasteiger partial charge in [-0.25, -0.2) is 0 Å². The third-order valence-corrected chi connectivity index (χ3v) is 18.6. The molecule has 0 bridgehead atoms. The summed E-state index contributed by atoms with van der Waals surface area (Å²) in [5, 5.41) is 61.8. The van der Waals surface area contributed by atoms with Crippen LogP contribution in [0.2, 0.25) is 0 Å². The molecule has 12 rings (SSSR count). The van der Waals surface area contributed by atoms with Crippen molar-refractivity contribution in [3.63, 3.8) is 0 Å². The predicted octanol–water partition coefficient (Wildman–Crippen LogP) is 14.1. The van der Waals surface area contributed by atoms with Gasteiger partial charge in [0.1, 0.15) is 64.6 Å². The molecule has 14 heteroatoms. The highest BCUT2D eigenvalue weighted by Gasteiger charge is 2.57. The average Bonchev–Trinajstić information content (AvgIpc) is 4.11. The van der Waals surface area contributed by atoms with Crippen LogP contribution in [0.4, 0.5) is 17.1 Å². The monoisotopic (exact) mass is 1110 g/mol. The lowest BCUT2D eigenvalue weighted by Gasteiger charge is -2.43. The maximum atomic E-state index is 13.6. The topological polar surface area (TPSA) is 174 Å². The van der Waals surface area contributed by atoms with Crippen LogP contribution in [0.15, 0.2) is 54.6 Å². The zero-order valence-corrected chi connectivity index (χ0v) is 52.2. The van der Waals surface area contributed by atoms with Gasteiger partial charge in [-0.1, -0.05) is 66.7 Å². The van der Waals surface area contributed by atoms with E-state index in [0.717, 1.165) is 102 Å². The van der Waals surface area contributed by atoms with Crippen molar-refractivity contribution in [1.29, 1.82) is 0 Å². The lowest BCUT2D eigenvalue weighted by atomic mass is 9.65. The number of allylic oxidation sites excluding steroid dienone is 6. The van der Waals surface area contributed by atoms with E-state index in [0.29, 0.717) is 28.4 Å². The van der Waals surface area contributed by atoms with Crippen molar-refractivity contribution in [3.8, 4) is 17.2 Å². The van der Waals surface area contributed by atoms with E-state index >= 15 is 0 Å². The first-order valence-electron chi connectivity index (χ1n) is 29.0. The molecule has 3 aliphatic carbocycles. The van der Waals surface area contributed by atoms with E-state index in [9.17, 15) is 25.8 Å². The van der Waals surface area contributed by atoms with E-state index in [1.54, 1.807) is 41.2 Å². The number of hydrogen-bond donors (Lipinski definition) is 2. The molecule has 6 atom stereocenters. The first-order valence-corrected chi connectivity index (χ1v) is 29.0. The quantitative estimate of drug-likeness (QED) is 0.189. The van der Waals surface area contributed by atoms with Gasteiger partial charge < -0.3 is 54.3 Å². The molecule has 81 heavy (non-hydrogen) atoms. The second-order valence-electron chi connectivity index (χ2n) is 30.1. The lowest BCUT2D eigenvalue weighted by molar-refractivity contribution is -0.363. The van der Waals surface area contributed by atoms with Crippen molar-refractivity contribution >= 4 is 50.9 Å². The zero-order chi connectivity index (χ0) is 59.8. The molecule has 438 valence electrons. The van der Waals surface area contributed by atoms with Crippen LogP contribution < -0.4 is 14.2 Å². The summed E-state index contributed by atoms with van der Waals surface area (Å²) >= 11 is 0. The highest BCUT2D eigenvalue weighted by Crippen LogP contribution is 2.59. The molecule has 3 aromatic rings. The Hall–Kier alpha value is -5.51. The molecule has 0 aromatic heterocycles. The fraction of sp³-hybridized carbons (Fsp3) is 0.597. The molecule has 6 aliphatic heterocycles. The molecule has 0 amide bonds. The summed E-state index contributed by atoms with van der Waals surface area (Å²) in [5.41, 5.74) is 9.72.